The second kappa shape index (κ2) is 5.93. The van der Waals surface area contributed by atoms with Crippen molar-refractivity contribution in [1.29, 1.82) is 0 Å². The van der Waals surface area contributed by atoms with Gasteiger partial charge in [0.2, 0.25) is 5.91 Å². The molecule has 2 aromatic rings. The van der Waals surface area contributed by atoms with Crippen LogP contribution in [0.25, 0.3) is 0 Å². The molecule has 4 nitrogen and oxygen atoms in total. The molecular formula is C14H15N3O. The number of hydrogen-bond donors (Lipinski definition) is 2. The van der Waals surface area contributed by atoms with Crippen LogP contribution in [0.2, 0.25) is 0 Å². The van der Waals surface area contributed by atoms with E-state index in [1.807, 2.05) is 30.3 Å². The number of anilines is 1. The van der Waals surface area contributed by atoms with Gasteiger partial charge in [-0.1, -0.05) is 24.3 Å². The van der Waals surface area contributed by atoms with Crippen molar-refractivity contribution >= 4 is 11.6 Å². The Hall–Kier alpha value is -2.20. The first-order valence-electron chi connectivity index (χ1n) is 5.75. The number of hydrogen-bond acceptors (Lipinski definition) is 3. The molecule has 4 heteroatoms. The Kier molecular flexibility index (Phi) is 4.04. The number of amides is 1. The highest BCUT2D eigenvalue weighted by atomic mass is 16.1. The third-order valence-electron chi connectivity index (χ3n) is 2.57. The minimum Gasteiger partial charge on any atom is -0.326 e. The minimum absolute atomic E-state index is 0.0523. The van der Waals surface area contributed by atoms with E-state index in [2.05, 4.69) is 10.3 Å². The smallest absolute Gasteiger partial charge is 0.228 e. The highest BCUT2D eigenvalue weighted by Gasteiger charge is 2.03. The number of nitrogens with one attached hydrogen (secondary N) is 1. The molecule has 1 heterocycles. The van der Waals surface area contributed by atoms with E-state index >= 15 is 0 Å². The summed E-state index contributed by atoms with van der Waals surface area (Å²) in [6.07, 6.45) is 3.64. The normalized spacial score (nSPS) is 10.1. The van der Waals surface area contributed by atoms with Crippen molar-refractivity contribution in [1.82, 2.24) is 4.98 Å². The molecule has 2 rings (SSSR count). The zero-order valence-corrected chi connectivity index (χ0v) is 9.97. The summed E-state index contributed by atoms with van der Waals surface area (Å²) >= 11 is 0. The summed E-state index contributed by atoms with van der Waals surface area (Å²) in [5.41, 5.74) is 8.25. The zero-order chi connectivity index (χ0) is 12.8. The van der Waals surface area contributed by atoms with E-state index in [1.165, 1.54) is 0 Å². The SMILES string of the molecule is NCc1ccc(CC(=O)Nc2cccnc2)cc1. The number of benzene rings is 1. The van der Waals surface area contributed by atoms with E-state index < -0.39 is 0 Å². The number of rotatable bonds is 4. The lowest BCUT2D eigenvalue weighted by Crippen LogP contribution is -2.14. The summed E-state index contributed by atoms with van der Waals surface area (Å²) < 4.78 is 0. The third kappa shape index (κ3) is 3.40. The van der Waals surface area contributed by atoms with Gasteiger partial charge >= 0.3 is 0 Å². The molecule has 1 aromatic carbocycles. The lowest BCUT2D eigenvalue weighted by Gasteiger charge is -2.05. The summed E-state index contributed by atoms with van der Waals surface area (Å²) in [7, 11) is 0. The molecule has 0 spiro atoms. The Morgan fingerprint density at radius 3 is 2.50 bits per heavy atom. The van der Waals surface area contributed by atoms with Gasteiger partial charge in [0, 0.05) is 12.7 Å². The maximum atomic E-state index is 11.8. The van der Waals surface area contributed by atoms with Crippen molar-refractivity contribution in [3.05, 3.63) is 59.9 Å². The van der Waals surface area contributed by atoms with Crippen LogP contribution < -0.4 is 11.1 Å². The standard InChI is InChI=1S/C14H15N3O/c15-9-12-5-3-11(4-6-12)8-14(18)17-13-2-1-7-16-10-13/h1-7,10H,8-9,15H2,(H,17,18). The Morgan fingerprint density at radius 2 is 1.89 bits per heavy atom. The van der Waals surface area contributed by atoms with Crippen LogP contribution in [0.3, 0.4) is 0 Å². The second-order valence-corrected chi connectivity index (χ2v) is 3.99. The molecule has 1 amide bonds. The Balaban J connectivity index is 1.94. The van der Waals surface area contributed by atoms with Gasteiger partial charge in [-0.3, -0.25) is 9.78 Å². The quantitative estimate of drug-likeness (QED) is 0.856. The molecule has 0 atom stereocenters. The first-order valence-corrected chi connectivity index (χ1v) is 5.75. The van der Waals surface area contributed by atoms with Crippen LogP contribution in [0.1, 0.15) is 11.1 Å². The van der Waals surface area contributed by atoms with Gasteiger partial charge in [-0.2, -0.15) is 0 Å². The van der Waals surface area contributed by atoms with Crippen LogP contribution in [0.4, 0.5) is 5.69 Å². The van der Waals surface area contributed by atoms with Crippen LogP contribution in [0.5, 0.6) is 0 Å². The summed E-state index contributed by atoms with van der Waals surface area (Å²) in [6, 6.07) is 11.3. The predicted octanol–water partition coefficient (Wildman–Crippen LogP) is 1.72. The Morgan fingerprint density at radius 1 is 1.17 bits per heavy atom. The molecule has 0 saturated heterocycles. The molecule has 1 aromatic heterocycles. The van der Waals surface area contributed by atoms with E-state index in [-0.39, 0.29) is 5.91 Å². The summed E-state index contributed by atoms with van der Waals surface area (Å²) in [6.45, 7) is 0.516. The van der Waals surface area contributed by atoms with Gasteiger partial charge in [0.25, 0.3) is 0 Å². The average molecular weight is 241 g/mol. The number of nitrogens with zero attached hydrogens (tertiary/aromatic N) is 1. The van der Waals surface area contributed by atoms with Crippen molar-refractivity contribution in [2.45, 2.75) is 13.0 Å². The van der Waals surface area contributed by atoms with Crippen molar-refractivity contribution in [3.63, 3.8) is 0 Å². The topological polar surface area (TPSA) is 68.0 Å². The number of aromatic nitrogens is 1. The molecule has 0 aliphatic heterocycles. The van der Waals surface area contributed by atoms with Crippen LogP contribution in [-0.4, -0.2) is 10.9 Å². The van der Waals surface area contributed by atoms with Crippen LogP contribution >= 0.6 is 0 Å². The summed E-state index contributed by atoms with van der Waals surface area (Å²) in [4.78, 5) is 15.7. The van der Waals surface area contributed by atoms with Gasteiger partial charge in [-0.25, -0.2) is 0 Å². The van der Waals surface area contributed by atoms with Crippen molar-refractivity contribution in [2.75, 3.05) is 5.32 Å². The first kappa shape index (κ1) is 12.3. The highest BCUT2D eigenvalue weighted by molar-refractivity contribution is 5.92. The fourth-order valence-corrected chi connectivity index (χ4v) is 1.62. The predicted molar refractivity (Wildman–Crippen MR) is 70.9 cm³/mol. The molecule has 92 valence electrons. The second-order valence-electron chi connectivity index (χ2n) is 3.99. The largest absolute Gasteiger partial charge is 0.326 e. The van der Waals surface area contributed by atoms with E-state index in [0.717, 1.165) is 11.1 Å². The molecule has 0 aliphatic rings. The highest BCUT2D eigenvalue weighted by Crippen LogP contribution is 2.07. The van der Waals surface area contributed by atoms with Crippen LogP contribution in [0.15, 0.2) is 48.8 Å². The van der Waals surface area contributed by atoms with Gasteiger partial charge in [0.15, 0.2) is 0 Å². The molecule has 0 bridgehead atoms. The van der Waals surface area contributed by atoms with Crippen molar-refractivity contribution in [3.8, 4) is 0 Å². The molecule has 0 fully saturated rings. The van der Waals surface area contributed by atoms with E-state index in [4.69, 9.17) is 5.73 Å². The fraction of sp³-hybridized carbons (Fsp3) is 0.143. The van der Waals surface area contributed by atoms with Gasteiger partial charge in [0.05, 0.1) is 18.3 Å². The lowest BCUT2D eigenvalue weighted by molar-refractivity contribution is -0.115. The van der Waals surface area contributed by atoms with Crippen LogP contribution in [-0.2, 0) is 17.8 Å². The number of nitrogens with two attached hydrogens (primary N) is 1. The summed E-state index contributed by atoms with van der Waals surface area (Å²) in [5.74, 6) is -0.0523. The van der Waals surface area contributed by atoms with Gasteiger partial charge in [-0.05, 0) is 23.3 Å². The Labute approximate surface area is 106 Å². The monoisotopic (exact) mass is 241 g/mol. The van der Waals surface area contributed by atoms with E-state index in [9.17, 15) is 4.79 Å². The van der Waals surface area contributed by atoms with Crippen molar-refractivity contribution in [2.24, 2.45) is 5.73 Å². The average Bonchev–Trinajstić information content (AvgIpc) is 2.40. The number of carbonyl (C=O) groups excluding carboxylic acids is 1. The Bertz CT molecular complexity index is 508. The number of pyridine rings is 1. The molecule has 0 unspecified atom stereocenters. The zero-order valence-electron chi connectivity index (χ0n) is 9.97. The van der Waals surface area contributed by atoms with E-state index in [0.29, 0.717) is 18.7 Å². The van der Waals surface area contributed by atoms with Crippen LogP contribution in [0, 0.1) is 0 Å². The molecule has 3 N–H and O–H groups in total. The van der Waals surface area contributed by atoms with Crippen molar-refractivity contribution < 1.29 is 4.79 Å². The maximum Gasteiger partial charge on any atom is 0.228 e. The fourth-order valence-electron chi connectivity index (χ4n) is 1.62. The summed E-state index contributed by atoms with van der Waals surface area (Å²) in [5, 5.41) is 2.79. The lowest BCUT2D eigenvalue weighted by atomic mass is 10.1. The van der Waals surface area contributed by atoms with E-state index in [1.54, 1.807) is 18.5 Å². The molecule has 0 saturated carbocycles. The van der Waals surface area contributed by atoms with Gasteiger partial charge < -0.3 is 11.1 Å². The maximum absolute atomic E-state index is 11.8. The molecular weight excluding hydrogens is 226 g/mol. The van der Waals surface area contributed by atoms with Gasteiger partial charge in [0.1, 0.15) is 0 Å². The first-order chi connectivity index (χ1) is 8.78. The number of carbonyl (C=O) groups is 1. The van der Waals surface area contributed by atoms with Gasteiger partial charge in [-0.15, -0.1) is 0 Å². The molecule has 0 aliphatic carbocycles. The molecule has 18 heavy (non-hydrogen) atoms. The third-order valence-corrected chi connectivity index (χ3v) is 2.57. The minimum atomic E-state index is -0.0523. The molecule has 0 radical (unpaired) electrons.